The van der Waals surface area contributed by atoms with Crippen molar-refractivity contribution in [1.82, 2.24) is 30.4 Å². The molecule has 146 valence electrons. The zero-order chi connectivity index (χ0) is 18.4. The third-order valence-corrected chi connectivity index (χ3v) is 4.48. The molecule has 0 spiro atoms. The molecule has 1 aromatic carbocycles. The summed E-state index contributed by atoms with van der Waals surface area (Å²) >= 11 is 0. The van der Waals surface area contributed by atoms with Crippen molar-refractivity contribution < 1.29 is 0 Å². The van der Waals surface area contributed by atoms with Gasteiger partial charge >= 0.3 is 0 Å². The molecule has 0 amide bonds. The molecule has 0 unspecified atom stereocenters. The van der Waals surface area contributed by atoms with Crippen LogP contribution < -0.4 is 10.6 Å². The van der Waals surface area contributed by atoms with Crippen LogP contribution in [0.3, 0.4) is 0 Å². The van der Waals surface area contributed by atoms with Gasteiger partial charge in [-0.05, 0) is 30.9 Å². The Morgan fingerprint density at radius 2 is 2.07 bits per heavy atom. The fraction of sp³-hybridized carbons (Fsp3) is 0.421. The van der Waals surface area contributed by atoms with E-state index in [1.165, 1.54) is 22.0 Å². The van der Waals surface area contributed by atoms with Crippen molar-refractivity contribution in [3.8, 4) is 0 Å². The Hall–Kier alpha value is -2.10. The summed E-state index contributed by atoms with van der Waals surface area (Å²) in [6, 6.07) is 6.51. The third kappa shape index (κ3) is 5.21. The Morgan fingerprint density at radius 3 is 2.78 bits per heavy atom. The van der Waals surface area contributed by atoms with Crippen molar-refractivity contribution in [2.75, 3.05) is 13.1 Å². The molecule has 0 bridgehead atoms. The van der Waals surface area contributed by atoms with Crippen molar-refractivity contribution in [3.63, 3.8) is 0 Å². The van der Waals surface area contributed by atoms with E-state index in [2.05, 4.69) is 68.9 Å². The zero-order valence-electron chi connectivity index (χ0n) is 16.1. The van der Waals surface area contributed by atoms with Gasteiger partial charge in [-0.15, -0.1) is 24.0 Å². The minimum absolute atomic E-state index is 0. The Balaban J connectivity index is 0.00000261. The number of hydrogen-bond donors (Lipinski definition) is 3. The number of aromatic amines is 1. The van der Waals surface area contributed by atoms with Gasteiger partial charge in [-0.1, -0.05) is 25.1 Å². The topological polar surface area (TPSA) is 82.9 Å². The molecule has 0 atom stereocenters. The first kappa shape index (κ1) is 21.2. The summed E-state index contributed by atoms with van der Waals surface area (Å²) < 4.78 is 1.74. The Bertz CT molecular complexity index is 881. The number of aromatic nitrogens is 4. The highest BCUT2D eigenvalue weighted by atomic mass is 127. The molecule has 2 aromatic heterocycles. The Kier molecular flexibility index (Phi) is 8.08. The van der Waals surface area contributed by atoms with E-state index < -0.39 is 0 Å². The first-order valence-electron chi connectivity index (χ1n) is 9.15. The number of benzene rings is 1. The van der Waals surface area contributed by atoms with Gasteiger partial charge in [-0.2, -0.15) is 5.10 Å². The number of nitrogens with zero attached hydrogens (tertiary/aromatic N) is 4. The highest BCUT2D eigenvalue weighted by Crippen LogP contribution is 2.22. The molecule has 27 heavy (non-hydrogen) atoms. The van der Waals surface area contributed by atoms with Crippen LogP contribution in [0, 0.1) is 0 Å². The largest absolute Gasteiger partial charge is 0.361 e. The molecule has 3 N–H and O–H groups in total. The molecule has 0 aliphatic rings. The number of halogens is 1. The van der Waals surface area contributed by atoms with Crippen molar-refractivity contribution in [2.24, 2.45) is 12.0 Å². The van der Waals surface area contributed by atoms with E-state index in [0.29, 0.717) is 6.54 Å². The quantitative estimate of drug-likeness (QED) is 0.276. The summed E-state index contributed by atoms with van der Waals surface area (Å²) in [7, 11) is 1.87. The van der Waals surface area contributed by atoms with Gasteiger partial charge in [0.2, 0.25) is 0 Å². The fourth-order valence-electron chi connectivity index (χ4n) is 3.05. The predicted octanol–water partition coefficient (Wildman–Crippen LogP) is 2.77. The lowest BCUT2D eigenvalue weighted by atomic mass is 10.1. The van der Waals surface area contributed by atoms with Crippen molar-refractivity contribution in [2.45, 2.75) is 33.2 Å². The van der Waals surface area contributed by atoms with Gasteiger partial charge < -0.3 is 15.6 Å². The molecule has 0 aliphatic heterocycles. The second-order valence-electron chi connectivity index (χ2n) is 6.18. The van der Waals surface area contributed by atoms with E-state index in [0.717, 1.165) is 37.7 Å². The first-order valence-corrected chi connectivity index (χ1v) is 9.15. The van der Waals surface area contributed by atoms with Crippen LogP contribution in [0.1, 0.15) is 30.8 Å². The molecule has 0 fully saturated rings. The minimum Gasteiger partial charge on any atom is -0.361 e. The van der Waals surface area contributed by atoms with Crippen LogP contribution in [-0.2, 0) is 26.4 Å². The number of guanidine groups is 1. The number of fused-ring (bicyclic) bond motifs is 1. The number of rotatable bonds is 7. The molecule has 0 saturated carbocycles. The second-order valence-corrected chi connectivity index (χ2v) is 6.18. The van der Waals surface area contributed by atoms with Gasteiger partial charge in [0.05, 0.1) is 0 Å². The molecule has 0 radical (unpaired) electrons. The first-order chi connectivity index (χ1) is 12.7. The van der Waals surface area contributed by atoms with E-state index in [1.807, 2.05) is 7.05 Å². The molecule has 0 saturated heterocycles. The fourth-order valence-corrected chi connectivity index (χ4v) is 3.05. The Labute approximate surface area is 177 Å². The maximum Gasteiger partial charge on any atom is 0.191 e. The lowest BCUT2D eigenvalue weighted by molar-refractivity contribution is 0.697. The summed E-state index contributed by atoms with van der Waals surface area (Å²) in [5.74, 6) is 1.63. The number of H-pyrrole nitrogens is 1. The van der Waals surface area contributed by atoms with Crippen LogP contribution in [-0.4, -0.2) is 38.8 Å². The molecule has 8 heteroatoms. The van der Waals surface area contributed by atoms with Crippen LogP contribution in [0.2, 0.25) is 0 Å². The average molecular weight is 481 g/mol. The number of nitrogens with one attached hydrogen (secondary N) is 3. The lowest BCUT2D eigenvalue weighted by Gasteiger charge is -2.11. The van der Waals surface area contributed by atoms with Crippen LogP contribution in [0.25, 0.3) is 10.9 Å². The normalized spacial score (nSPS) is 11.4. The van der Waals surface area contributed by atoms with Gasteiger partial charge in [-0.25, -0.2) is 9.98 Å². The molecule has 0 aliphatic carbocycles. The zero-order valence-corrected chi connectivity index (χ0v) is 18.4. The van der Waals surface area contributed by atoms with Crippen molar-refractivity contribution in [3.05, 3.63) is 47.7 Å². The standard InChI is InChI=1S/C19H27N7.HI/c1-4-14-7-6-8-16-15(11-22-18(14)16)9-10-21-19(20-5-2)23-12-17-24-13-25-26(17)3;/h6-8,11,13,22H,4-5,9-10,12H2,1-3H3,(H2,20,21,23);1H. The van der Waals surface area contributed by atoms with Crippen LogP contribution in [0.15, 0.2) is 35.7 Å². The number of hydrogen-bond acceptors (Lipinski definition) is 3. The maximum atomic E-state index is 4.59. The van der Waals surface area contributed by atoms with Crippen LogP contribution in [0.5, 0.6) is 0 Å². The molecule has 3 rings (SSSR count). The van der Waals surface area contributed by atoms with Gasteiger partial charge in [0.15, 0.2) is 5.96 Å². The average Bonchev–Trinajstić information content (AvgIpc) is 3.25. The second kappa shape index (κ2) is 10.3. The van der Waals surface area contributed by atoms with E-state index in [4.69, 9.17) is 0 Å². The summed E-state index contributed by atoms with van der Waals surface area (Å²) in [6.07, 6.45) is 5.64. The van der Waals surface area contributed by atoms with E-state index in [9.17, 15) is 0 Å². The maximum absolute atomic E-state index is 4.59. The third-order valence-electron chi connectivity index (χ3n) is 4.48. The van der Waals surface area contributed by atoms with E-state index >= 15 is 0 Å². The molecule has 7 nitrogen and oxygen atoms in total. The summed E-state index contributed by atoms with van der Waals surface area (Å²) in [5, 5.41) is 12.1. The van der Waals surface area contributed by atoms with E-state index in [-0.39, 0.29) is 24.0 Å². The van der Waals surface area contributed by atoms with E-state index in [1.54, 1.807) is 11.0 Å². The Morgan fingerprint density at radius 1 is 1.22 bits per heavy atom. The predicted molar refractivity (Wildman–Crippen MR) is 121 cm³/mol. The minimum atomic E-state index is 0. The van der Waals surface area contributed by atoms with Gasteiger partial charge in [0, 0.05) is 37.2 Å². The highest BCUT2D eigenvalue weighted by molar-refractivity contribution is 14.0. The van der Waals surface area contributed by atoms with Crippen molar-refractivity contribution >= 4 is 40.8 Å². The molecular formula is C19H28IN7. The number of para-hydroxylation sites is 1. The van der Waals surface area contributed by atoms with Crippen LogP contribution in [0.4, 0.5) is 0 Å². The molecule has 2 heterocycles. The monoisotopic (exact) mass is 481 g/mol. The number of aliphatic imine (C=N–C) groups is 1. The lowest BCUT2D eigenvalue weighted by Crippen LogP contribution is -2.38. The van der Waals surface area contributed by atoms with Gasteiger partial charge in [0.1, 0.15) is 18.7 Å². The van der Waals surface area contributed by atoms with Gasteiger partial charge in [0.25, 0.3) is 0 Å². The molecular weight excluding hydrogens is 453 g/mol. The van der Waals surface area contributed by atoms with Gasteiger partial charge in [-0.3, -0.25) is 4.68 Å². The van der Waals surface area contributed by atoms with Crippen LogP contribution >= 0.6 is 24.0 Å². The smallest absolute Gasteiger partial charge is 0.191 e. The number of aryl methyl sites for hydroxylation is 2. The molecule has 3 aromatic rings. The summed E-state index contributed by atoms with van der Waals surface area (Å²) in [6.45, 7) is 6.38. The van der Waals surface area contributed by atoms with Crippen molar-refractivity contribution in [1.29, 1.82) is 0 Å². The summed E-state index contributed by atoms with van der Waals surface area (Å²) in [5.41, 5.74) is 3.94. The summed E-state index contributed by atoms with van der Waals surface area (Å²) in [4.78, 5) is 12.2. The SMILES string of the molecule is CCNC(=NCc1ncnn1C)NCCc1c[nH]c2c(CC)cccc12.I. The highest BCUT2D eigenvalue weighted by Gasteiger charge is 2.07.